The van der Waals surface area contributed by atoms with Gasteiger partial charge in [-0.05, 0) is 75.4 Å². The van der Waals surface area contributed by atoms with Crippen molar-refractivity contribution in [1.29, 1.82) is 0 Å². The number of likely N-dealkylation sites (tertiary alicyclic amines) is 1. The average molecular weight is 390 g/mol. The van der Waals surface area contributed by atoms with Gasteiger partial charge in [-0.25, -0.2) is 0 Å². The van der Waals surface area contributed by atoms with Gasteiger partial charge in [-0.1, -0.05) is 26.7 Å². The molecule has 4 nitrogen and oxygen atoms in total. The molecule has 2 rings (SSSR count). The average Bonchev–Trinajstić information content (AvgIpc) is 2.74. The highest BCUT2D eigenvalue weighted by molar-refractivity contribution is 5.96. The van der Waals surface area contributed by atoms with Gasteiger partial charge >= 0.3 is 0 Å². The predicted octanol–water partition coefficient (Wildman–Crippen LogP) is 5.28. The van der Waals surface area contributed by atoms with Crippen molar-refractivity contribution in [2.75, 3.05) is 39.5 Å². The van der Waals surface area contributed by atoms with E-state index in [9.17, 15) is 4.79 Å². The number of piperidine rings is 1. The summed E-state index contributed by atoms with van der Waals surface area (Å²) in [7, 11) is 0. The second kappa shape index (κ2) is 13.7. The van der Waals surface area contributed by atoms with Crippen molar-refractivity contribution in [3.8, 4) is 5.75 Å². The molecule has 0 atom stereocenters. The molecule has 0 unspecified atom stereocenters. The third kappa shape index (κ3) is 8.32. The molecular weight excluding hydrogens is 350 g/mol. The third-order valence-corrected chi connectivity index (χ3v) is 5.45. The fraction of sp³-hybridized carbons (Fsp3) is 0.708. The minimum Gasteiger partial charge on any atom is -0.493 e. The zero-order valence-corrected chi connectivity index (χ0v) is 18.0. The summed E-state index contributed by atoms with van der Waals surface area (Å²) in [6.07, 6.45) is 9.70. The summed E-state index contributed by atoms with van der Waals surface area (Å²) in [5, 5.41) is 0. The summed E-state index contributed by atoms with van der Waals surface area (Å²) in [5.74, 6) is 1.16. The highest BCUT2D eigenvalue weighted by Gasteiger charge is 2.14. The molecule has 0 aliphatic carbocycles. The first kappa shape index (κ1) is 22.9. The number of carbonyl (C=O) groups excluding carboxylic acids is 1. The van der Waals surface area contributed by atoms with Crippen LogP contribution in [0.1, 0.15) is 81.1 Å². The number of hydrogen-bond donors (Lipinski definition) is 0. The number of rotatable bonds is 14. The Morgan fingerprint density at radius 1 is 1.00 bits per heavy atom. The molecule has 28 heavy (non-hydrogen) atoms. The van der Waals surface area contributed by atoms with E-state index < -0.39 is 0 Å². The molecule has 1 heterocycles. The Bertz CT molecular complexity index is 567. The number of ether oxygens (including phenoxy) is 2. The van der Waals surface area contributed by atoms with Crippen LogP contribution in [-0.2, 0) is 11.2 Å². The lowest BCUT2D eigenvalue weighted by Crippen LogP contribution is -2.31. The number of nitrogens with zero attached hydrogens (tertiary/aromatic N) is 1. The van der Waals surface area contributed by atoms with E-state index in [1.165, 1.54) is 25.7 Å². The molecule has 158 valence electrons. The summed E-state index contributed by atoms with van der Waals surface area (Å²) >= 11 is 0. The van der Waals surface area contributed by atoms with E-state index in [1.54, 1.807) is 0 Å². The number of unbranched alkanes of at least 4 members (excludes halogenated alkanes) is 2. The lowest BCUT2D eigenvalue weighted by Gasteiger charge is -2.26. The molecular formula is C24H39NO3. The summed E-state index contributed by atoms with van der Waals surface area (Å²) in [4.78, 5) is 15.0. The van der Waals surface area contributed by atoms with Crippen molar-refractivity contribution >= 4 is 5.78 Å². The molecule has 0 N–H and O–H groups in total. The fourth-order valence-electron chi connectivity index (χ4n) is 3.59. The number of hydrogen-bond acceptors (Lipinski definition) is 4. The molecule has 1 aromatic carbocycles. The van der Waals surface area contributed by atoms with Crippen molar-refractivity contribution in [3.05, 3.63) is 29.3 Å². The van der Waals surface area contributed by atoms with E-state index in [-0.39, 0.29) is 5.78 Å². The normalized spacial score (nSPS) is 14.9. The van der Waals surface area contributed by atoms with Crippen LogP contribution in [0.2, 0.25) is 0 Å². The molecule has 1 fully saturated rings. The number of ketones is 1. The van der Waals surface area contributed by atoms with Gasteiger partial charge in [0, 0.05) is 31.7 Å². The monoisotopic (exact) mass is 389 g/mol. The molecule has 0 amide bonds. The minimum absolute atomic E-state index is 0.246. The SMILES string of the molecule is CCCCOCCCCOc1ccc(C(=O)CCN2CCCCC2)cc1CC. The molecule has 1 aliphatic heterocycles. The van der Waals surface area contributed by atoms with E-state index in [1.807, 2.05) is 18.2 Å². The largest absolute Gasteiger partial charge is 0.493 e. The number of Topliss-reactive ketones (excluding diaryl/α,β-unsaturated/α-hetero) is 1. The second-order valence-corrected chi connectivity index (χ2v) is 7.77. The van der Waals surface area contributed by atoms with Crippen LogP contribution in [0.5, 0.6) is 5.75 Å². The fourth-order valence-corrected chi connectivity index (χ4v) is 3.59. The second-order valence-electron chi connectivity index (χ2n) is 7.77. The van der Waals surface area contributed by atoms with E-state index in [4.69, 9.17) is 9.47 Å². The summed E-state index contributed by atoms with van der Waals surface area (Å²) in [6, 6.07) is 5.94. The summed E-state index contributed by atoms with van der Waals surface area (Å²) in [6.45, 7) is 9.85. The quantitative estimate of drug-likeness (QED) is 0.320. The zero-order chi connectivity index (χ0) is 20.0. The van der Waals surface area contributed by atoms with Crippen molar-refractivity contribution in [1.82, 2.24) is 4.90 Å². The van der Waals surface area contributed by atoms with E-state index in [2.05, 4.69) is 18.7 Å². The highest BCUT2D eigenvalue weighted by atomic mass is 16.5. The Hall–Kier alpha value is -1.39. The van der Waals surface area contributed by atoms with Crippen molar-refractivity contribution in [2.24, 2.45) is 0 Å². The maximum atomic E-state index is 12.6. The molecule has 0 spiro atoms. The number of carbonyl (C=O) groups is 1. The Labute approximate surface area is 171 Å². The molecule has 4 heteroatoms. The van der Waals surface area contributed by atoms with Crippen molar-refractivity contribution < 1.29 is 14.3 Å². The number of benzene rings is 1. The summed E-state index contributed by atoms with van der Waals surface area (Å²) < 4.78 is 11.6. The van der Waals surface area contributed by atoms with Crippen LogP contribution < -0.4 is 4.74 Å². The van der Waals surface area contributed by atoms with Crippen molar-refractivity contribution in [3.63, 3.8) is 0 Å². The molecule has 0 bridgehead atoms. The van der Waals surface area contributed by atoms with Crippen LogP contribution in [0.25, 0.3) is 0 Å². The molecule has 0 radical (unpaired) electrons. The van der Waals surface area contributed by atoms with E-state index in [0.717, 1.165) is 75.4 Å². The van der Waals surface area contributed by atoms with Crippen LogP contribution in [0.3, 0.4) is 0 Å². The van der Waals surface area contributed by atoms with Gasteiger partial charge in [0.2, 0.25) is 0 Å². The standard InChI is InChI=1S/C24H39NO3/c1-3-5-17-27-18-9-10-19-28-24-12-11-22(20-21(24)4-2)23(26)13-16-25-14-7-6-8-15-25/h11-12,20H,3-10,13-19H2,1-2H3. The Morgan fingerprint density at radius 2 is 1.75 bits per heavy atom. The highest BCUT2D eigenvalue weighted by Crippen LogP contribution is 2.22. The van der Waals surface area contributed by atoms with Gasteiger partial charge < -0.3 is 14.4 Å². The Morgan fingerprint density at radius 3 is 2.50 bits per heavy atom. The Balaban J connectivity index is 1.73. The van der Waals surface area contributed by atoms with E-state index in [0.29, 0.717) is 13.0 Å². The number of aryl methyl sites for hydroxylation is 1. The molecule has 0 saturated carbocycles. The van der Waals surface area contributed by atoms with Gasteiger partial charge in [-0.3, -0.25) is 4.79 Å². The lowest BCUT2D eigenvalue weighted by atomic mass is 10.0. The first-order valence-corrected chi connectivity index (χ1v) is 11.3. The van der Waals surface area contributed by atoms with Gasteiger partial charge in [-0.2, -0.15) is 0 Å². The molecule has 1 aliphatic rings. The maximum absolute atomic E-state index is 12.6. The van der Waals surface area contributed by atoms with E-state index >= 15 is 0 Å². The Kier molecular flexibility index (Phi) is 11.2. The maximum Gasteiger partial charge on any atom is 0.164 e. The summed E-state index contributed by atoms with van der Waals surface area (Å²) in [5.41, 5.74) is 1.95. The van der Waals surface area contributed by atoms with Gasteiger partial charge in [0.1, 0.15) is 5.75 Å². The first-order valence-electron chi connectivity index (χ1n) is 11.3. The zero-order valence-electron chi connectivity index (χ0n) is 18.0. The third-order valence-electron chi connectivity index (χ3n) is 5.45. The van der Waals surface area contributed by atoms with Crippen LogP contribution in [0.4, 0.5) is 0 Å². The van der Waals surface area contributed by atoms with Gasteiger partial charge in [0.05, 0.1) is 6.61 Å². The first-order chi connectivity index (χ1) is 13.7. The predicted molar refractivity (Wildman–Crippen MR) is 116 cm³/mol. The smallest absolute Gasteiger partial charge is 0.164 e. The van der Waals surface area contributed by atoms with Gasteiger partial charge in [-0.15, -0.1) is 0 Å². The molecule has 1 aromatic rings. The van der Waals surface area contributed by atoms with Crippen LogP contribution in [0.15, 0.2) is 18.2 Å². The minimum atomic E-state index is 0.246. The molecule has 0 aromatic heterocycles. The van der Waals surface area contributed by atoms with Crippen LogP contribution in [-0.4, -0.2) is 50.1 Å². The lowest BCUT2D eigenvalue weighted by molar-refractivity contribution is 0.0958. The van der Waals surface area contributed by atoms with Crippen LogP contribution >= 0.6 is 0 Å². The topological polar surface area (TPSA) is 38.8 Å². The van der Waals surface area contributed by atoms with Gasteiger partial charge in [0.25, 0.3) is 0 Å². The van der Waals surface area contributed by atoms with Gasteiger partial charge in [0.15, 0.2) is 5.78 Å². The molecule has 1 saturated heterocycles. The van der Waals surface area contributed by atoms with Crippen molar-refractivity contribution in [2.45, 2.75) is 71.6 Å². The van der Waals surface area contributed by atoms with Crippen LogP contribution in [0, 0.1) is 0 Å².